The summed E-state index contributed by atoms with van der Waals surface area (Å²) in [5, 5.41) is 2.75. The van der Waals surface area contributed by atoms with Gasteiger partial charge in [-0.2, -0.15) is 0 Å². The van der Waals surface area contributed by atoms with Crippen molar-refractivity contribution in [3.8, 4) is 0 Å². The van der Waals surface area contributed by atoms with Crippen LogP contribution in [0.3, 0.4) is 0 Å². The molecule has 0 aromatic rings. The van der Waals surface area contributed by atoms with Gasteiger partial charge in [0.1, 0.15) is 6.67 Å². The van der Waals surface area contributed by atoms with E-state index in [1.54, 1.807) is 6.20 Å². The molecule has 0 saturated heterocycles. The number of hydrogen-bond donors (Lipinski definition) is 2. The zero-order valence-electron chi connectivity index (χ0n) is 4.07. The van der Waals surface area contributed by atoms with Crippen LogP contribution < -0.4 is 5.32 Å². The fourth-order valence-electron chi connectivity index (χ4n) is 0.439. The lowest BCUT2D eigenvalue weighted by molar-refractivity contribution is 0.480. The number of nitrogens with zero attached hydrogens (tertiary/aromatic N) is 1. The summed E-state index contributed by atoms with van der Waals surface area (Å²) in [4.78, 5) is 0. The normalized spacial score (nSPS) is 20.9. The van der Waals surface area contributed by atoms with E-state index in [1.165, 1.54) is 10.5 Å². The zero-order valence-corrected chi connectivity index (χ0v) is 4.89. The Morgan fingerprint density at radius 2 is 2.62 bits per heavy atom. The third-order valence-electron chi connectivity index (χ3n) is 0.806. The second-order valence-corrected chi connectivity index (χ2v) is 2.26. The third kappa shape index (κ3) is 0.988. The molecule has 8 heavy (non-hydrogen) atoms. The van der Waals surface area contributed by atoms with Crippen LogP contribution in [0.5, 0.6) is 0 Å². The lowest BCUT2D eigenvalue weighted by Crippen LogP contribution is -2.21. The molecular formula is C3H6N2O2S. The molecule has 1 atom stereocenters. The molecule has 1 unspecified atom stereocenters. The molecule has 0 aromatic heterocycles. The smallest absolute Gasteiger partial charge is 0.262 e. The van der Waals surface area contributed by atoms with Crippen LogP contribution in [0.2, 0.25) is 0 Å². The standard InChI is InChI=1S/C3H6N2O2S/c6-8(7)5-2-1-4-3-5/h1-2,4H,3H2,(H,6,7). The fourth-order valence-corrected chi connectivity index (χ4v) is 0.788. The lowest BCUT2D eigenvalue weighted by atomic mass is 11.0. The van der Waals surface area contributed by atoms with E-state index in [0.29, 0.717) is 6.67 Å². The van der Waals surface area contributed by atoms with E-state index in [2.05, 4.69) is 5.32 Å². The predicted octanol–water partition coefficient (Wildman–Crippen LogP) is -0.543. The highest BCUT2D eigenvalue weighted by molar-refractivity contribution is 7.76. The van der Waals surface area contributed by atoms with E-state index in [1.807, 2.05) is 0 Å². The molecule has 0 spiro atoms. The fraction of sp³-hybridized carbons (Fsp3) is 0.333. The summed E-state index contributed by atoms with van der Waals surface area (Å²) in [5.74, 6) is 0. The number of nitrogens with one attached hydrogen (secondary N) is 1. The molecular weight excluding hydrogens is 128 g/mol. The Kier molecular flexibility index (Phi) is 1.50. The number of rotatable bonds is 1. The van der Waals surface area contributed by atoms with E-state index in [-0.39, 0.29) is 0 Å². The van der Waals surface area contributed by atoms with Crippen LogP contribution in [0.25, 0.3) is 0 Å². The van der Waals surface area contributed by atoms with Crippen LogP contribution in [-0.4, -0.2) is 19.7 Å². The van der Waals surface area contributed by atoms with E-state index < -0.39 is 11.3 Å². The molecule has 0 radical (unpaired) electrons. The molecule has 0 amide bonds. The van der Waals surface area contributed by atoms with Crippen LogP contribution in [0.4, 0.5) is 0 Å². The minimum atomic E-state index is -1.86. The SMILES string of the molecule is O=S(O)N1C=CNC1. The summed E-state index contributed by atoms with van der Waals surface area (Å²) in [7, 11) is 0. The van der Waals surface area contributed by atoms with Gasteiger partial charge in [0.05, 0.1) is 0 Å². The Labute approximate surface area is 49.6 Å². The summed E-state index contributed by atoms with van der Waals surface area (Å²) in [6.45, 7) is 0.420. The predicted molar refractivity (Wildman–Crippen MR) is 29.8 cm³/mol. The van der Waals surface area contributed by atoms with Crippen LogP contribution >= 0.6 is 0 Å². The average molecular weight is 134 g/mol. The van der Waals surface area contributed by atoms with E-state index in [0.717, 1.165) is 0 Å². The highest BCUT2D eigenvalue weighted by atomic mass is 32.2. The van der Waals surface area contributed by atoms with Crippen molar-refractivity contribution in [2.75, 3.05) is 6.67 Å². The molecule has 1 heterocycles. The summed E-state index contributed by atoms with van der Waals surface area (Å²) < 4.78 is 19.8. The maximum absolute atomic E-state index is 10.1. The van der Waals surface area contributed by atoms with Crippen LogP contribution in [0.15, 0.2) is 12.4 Å². The van der Waals surface area contributed by atoms with Gasteiger partial charge in [0.25, 0.3) is 11.3 Å². The summed E-state index contributed by atoms with van der Waals surface area (Å²) >= 11 is -1.86. The first kappa shape index (κ1) is 5.58. The number of hydrogen-bond acceptors (Lipinski definition) is 2. The minimum Gasteiger partial charge on any atom is -0.372 e. The van der Waals surface area contributed by atoms with E-state index >= 15 is 0 Å². The average Bonchev–Trinajstić information content (AvgIpc) is 2.12. The van der Waals surface area contributed by atoms with Gasteiger partial charge in [0.2, 0.25) is 0 Å². The van der Waals surface area contributed by atoms with E-state index in [4.69, 9.17) is 4.55 Å². The quantitative estimate of drug-likeness (QED) is 0.473. The van der Waals surface area contributed by atoms with E-state index in [9.17, 15) is 4.21 Å². The molecule has 1 rings (SSSR count). The molecule has 0 aromatic carbocycles. The van der Waals surface area contributed by atoms with Crippen molar-refractivity contribution in [3.63, 3.8) is 0 Å². The molecule has 4 nitrogen and oxygen atoms in total. The van der Waals surface area contributed by atoms with Crippen molar-refractivity contribution in [1.82, 2.24) is 9.62 Å². The highest BCUT2D eigenvalue weighted by Crippen LogP contribution is 1.95. The minimum absolute atomic E-state index is 0.420. The van der Waals surface area contributed by atoms with Gasteiger partial charge in [0.15, 0.2) is 0 Å². The third-order valence-corrected chi connectivity index (χ3v) is 1.46. The second kappa shape index (κ2) is 2.15. The monoisotopic (exact) mass is 134 g/mol. The Balaban J connectivity index is 2.48. The van der Waals surface area contributed by atoms with Crippen LogP contribution in [0, 0.1) is 0 Å². The van der Waals surface area contributed by atoms with Gasteiger partial charge >= 0.3 is 0 Å². The van der Waals surface area contributed by atoms with Crippen molar-refractivity contribution in [2.45, 2.75) is 0 Å². The highest BCUT2D eigenvalue weighted by Gasteiger charge is 2.06. The molecule has 0 saturated carbocycles. The first-order chi connectivity index (χ1) is 3.80. The Morgan fingerprint density at radius 1 is 1.88 bits per heavy atom. The lowest BCUT2D eigenvalue weighted by Gasteiger charge is -2.05. The maximum atomic E-state index is 10.1. The van der Waals surface area contributed by atoms with Crippen LogP contribution in [0.1, 0.15) is 0 Å². The molecule has 0 fully saturated rings. The van der Waals surface area contributed by atoms with Crippen molar-refractivity contribution >= 4 is 11.3 Å². The Hall–Kier alpha value is -0.550. The second-order valence-electron chi connectivity index (χ2n) is 1.33. The molecule has 1 aliphatic rings. The summed E-state index contributed by atoms with van der Waals surface area (Å²) in [6, 6.07) is 0. The first-order valence-electron chi connectivity index (χ1n) is 2.08. The van der Waals surface area contributed by atoms with Gasteiger partial charge in [-0.3, -0.25) is 8.86 Å². The maximum Gasteiger partial charge on any atom is 0.262 e. The van der Waals surface area contributed by atoms with Gasteiger partial charge < -0.3 is 5.32 Å². The topological polar surface area (TPSA) is 52.6 Å². The van der Waals surface area contributed by atoms with Gasteiger partial charge in [-0.25, -0.2) is 4.21 Å². The molecule has 46 valence electrons. The van der Waals surface area contributed by atoms with Crippen molar-refractivity contribution in [1.29, 1.82) is 0 Å². The summed E-state index contributed by atoms with van der Waals surface area (Å²) in [5.41, 5.74) is 0. The van der Waals surface area contributed by atoms with Gasteiger partial charge in [-0.1, -0.05) is 0 Å². The van der Waals surface area contributed by atoms with Crippen molar-refractivity contribution in [2.24, 2.45) is 0 Å². The summed E-state index contributed by atoms with van der Waals surface area (Å²) in [6.07, 6.45) is 3.14. The Bertz CT molecular complexity index is 135. The van der Waals surface area contributed by atoms with Crippen LogP contribution in [-0.2, 0) is 11.3 Å². The largest absolute Gasteiger partial charge is 0.372 e. The molecule has 5 heteroatoms. The zero-order chi connectivity index (χ0) is 5.98. The molecule has 0 bridgehead atoms. The van der Waals surface area contributed by atoms with Gasteiger partial charge in [-0.15, -0.1) is 0 Å². The molecule has 0 aliphatic carbocycles. The van der Waals surface area contributed by atoms with Crippen molar-refractivity contribution in [3.05, 3.63) is 12.4 Å². The van der Waals surface area contributed by atoms with Gasteiger partial charge in [-0.05, 0) is 0 Å². The molecule has 1 aliphatic heterocycles. The van der Waals surface area contributed by atoms with Gasteiger partial charge in [0, 0.05) is 12.4 Å². The first-order valence-corrected chi connectivity index (χ1v) is 3.15. The Morgan fingerprint density at radius 3 is 2.88 bits per heavy atom. The van der Waals surface area contributed by atoms with Crippen molar-refractivity contribution < 1.29 is 8.76 Å². The molecule has 2 N–H and O–H groups in total.